The Labute approximate surface area is 151 Å². The lowest BCUT2D eigenvalue weighted by molar-refractivity contribution is 0.102. The van der Waals surface area contributed by atoms with Gasteiger partial charge in [0, 0.05) is 23.0 Å². The first-order valence-corrected chi connectivity index (χ1v) is 9.21. The molecule has 0 aromatic heterocycles. The predicted molar refractivity (Wildman–Crippen MR) is 99.8 cm³/mol. The number of nitrogens with one attached hydrogen (secondary N) is 2. The number of aromatic hydroxyl groups is 1. The van der Waals surface area contributed by atoms with E-state index in [0.717, 1.165) is 0 Å². The van der Waals surface area contributed by atoms with E-state index in [1.54, 1.807) is 48.5 Å². The number of phenols is 1. The molecular formula is C19H16N2O4S. The first-order chi connectivity index (χ1) is 12.4. The highest BCUT2D eigenvalue weighted by Gasteiger charge is 2.14. The van der Waals surface area contributed by atoms with E-state index in [4.69, 9.17) is 0 Å². The number of carbonyl (C=O) groups excluding carboxylic acids is 1. The highest BCUT2D eigenvalue weighted by atomic mass is 32.2. The summed E-state index contributed by atoms with van der Waals surface area (Å²) in [6.07, 6.45) is 0. The van der Waals surface area contributed by atoms with E-state index < -0.39 is 15.9 Å². The van der Waals surface area contributed by atoms with Crippen molar-refractivity contribution in [3.05, 3.63) is 84.4 Å². The third kappa shape index (κ3) is 4.20. The summed E-state index contributed by atoms with van der Waals surface area (Å²) < 4.78 is 27.2. The van der Waals surface area contributed by atoms with Crippen molar-refractivity contribution < 1.29 is 18.3 Å². The second kappa shape index (κ2) is 7.28. The third-order valence-corrected chi connectivity index (χ3v) is 4.93. The molecule has 3 aromatic rings. The summed E-state index contributed by atoms with van der Waals surface area (Å²) in [5.41, 5.74) is 0.990. The summed E-state index contributed by atoms with van der Waals surface area (Å²) in [5.74, 6) is -0.386. The van der Waals surface area contributed by atoms with Crippen LogP contribution in [0, 0.1) is 0 Å². The van der Waals surface area contributed by atoms with Crippen molar-refractivity contribution in [2.24, 2.45) is 0 Å². The Morgan fingerprint density at radius 2 is 1.50 bits per heavy atom. The molecule has 3 N–H and O–H groups in total. The highest BCUT2D eigenvalue weighted by molar-refractivity contribution is 7.92. The van der Waals surface area contributed by atoms with Crippen molar-refractivity contribution in [2.75, 3.05) is 10.0 Å². The lowest BCUT2D eigenvalue weighted by Crippen LogP contribution is -2.15. The standard InChI is InChI=1S/C19H16N2O4S/c22-17-9-5-7-15(13-17)20-19(23)14-6-4-8-16(12-14)21-26(24,25)18-10-2-1-3-11-18/h1-13,21-22H,(H,20,23). The van der Waals surface area contributed by atoms with E-state index in [1.165, 1.54) is 30.3 Å². The molecule has 0 aliphatic carbocycles. The summed E-state index contributed by atoms with van der Waals surface area (Å²) in [7, 11) is -3.74. The second-order valence-corrected chi connectivity index (χ2v) is 7.19. The molecule has 0 atom stereocenters. The third-order valence-electron chi connectivity index (χ3n) is 3.53. The highest BCUT2D eigenvalue weighted by Crippen LogP contribution is 2.19. The first-order valence-electron chi connectivity index (χ1n) is 7.72. The Morgan fingerprint density at radius 3 is 2.23 bits per heavy atom. The van der Waals surface area contributed by atoms with Crippen LogP contribution in [0.15, 0.2) is 83.8 Å². The second-order valence-electron chi connectivity index (χ2n) is 5.50. The van der Waals surface area contributed by atoms with Gasteiger partial charge in [0.05, 0.1) is 4.90 Å². The Hall–Kier alpha value is -3.32. The Bertz CT molecular complexity index is 1030. The normalized spacial score (nSPS) is 10.9. The summed E-state index contributed by atoms with van der Waals surface area (Å²) in [4.78, 5) is 12.5. The monoisotopic (exact) mass is 368 g/mol. The lowest BCUT2D eigenvalue weighted by atomic mass is 10.2. The van der Waals surface area contributed by atoms with Crippen LogP contribution in [0.1, 0.15) is 10.4 Å². The number of phenolic OH excluding ortho intramolecular Hbond substituents is 1. The molecule has 0 heterocycles. The fraction of sp³-hybridized carbons (Fsp3) is 0. The molecule has 0 bridgehead atoms. The molecule has 132 valence electrons. The van der Waals surface area contributed by atoms with Crippen LogP contribution in [0.3, 0.4) is 0 Å². The minimum atomic E-state index is -3.74. The maximum atomic E-state index is 12.4. The van der Waals surface area contributed by atoms with Gasteiger partial charge in [-0.1, -0.05) is 30.3 Å². The van der Waals surface area contributed by atoms with Gasteiger partial charge in [0.2, 0.25) is 0 Å². The van der Waals surface area contributed by atoms with Crippen LogP contribution in [0.5, 0.6) is 5.75 Å². The molecule has 0 radical (unpaired) electrons. The molecule has 0 aliphatic heterocycles. The lowest BCUT2D eigenvalue weighted by Gasteiger charge is -2.10. The average Bonchev–Trinajstić information content (AvgIpc) is 2.62. The van der Waals surface area contributed by atoms with E-state index in [9.17, 15) is 18.3 Å². The predicted octanol–water partition coefficient (Wildman–Crippen LogP) is 3.45. The van der Waals surface area contributed by atoms with E-state index >= 15 is 0 Å². The van der Waals surface area contributed by atoms with E-state index in [2.05, 4.69) is 10.0 Å². The van der Waals surface area contributed by atoms with Crippen LogP contribution in [-0.4, -0.2) is 19.4 Å². The van der Waals surface area contributed by atoms with Gasteiger partial charge < -0.3 is 10.4 Å². The molecule has 0 fully saturated rings. The number of hydrogen-bond acceptors (Lipinski definition) is 4. The van der Waals surface area contributed by atoms with Crippen molar-refractivity contribution >= 4 is 27.3 Å². The van der Waals surface area contributed by atoms with Crippen LogP contribution in [0.4, 0.5) is 11.4 Å². The number of hydrogen-bond donors (Lipinski definition) is 3. The number of rotatable bonds is 5. The number of anilines is 2. The van der Waals surface area contributed by atoms with Gasteiger partial charge in [-0.3, -0.25) is 9.52 Å². The molecule has 0 saturated heterocycles. The Kier molecular flexibility index (Phi) is 4.90. The van der Waals surface area contributed by atoms with E-state index in [1.807, 2.05) is 0 Å². The van der Waals surface area contributed by atoms with Gasteiger partial charge in [-0.15, -0.1) is 0 Å². The SMILES string of the molecule is O=C(Nc1cccc(O)c1)c1cccc(NS(=O)(=O)c2ccccc2)c1. The summed E-state index contributed by atoms with van der Waals surface area (Å²) >= 11 is 0. The zero-order chi connectivity index (χ0) is 18.6. The number of carbonyl (C=O) groups is 1. The molecular weight excluding hydrogens is 352 g/mol. The first kappa shape index (κ1) is 17.5. The fourth-order valence-electron chi connectivity index (χ4n) is 2.32. The molecule has 3 aromatic carbocycles. The van der Waals surface area contributed by atoms with Crippen molar-refractivity contribution in [3.8, 4) is 5.75 Å². The number of sulfonamides is 1. The topological polar surface area (TPSA) is 95.5 Å². The van der Waals surface area contributed by atoms with Gasteiger partial charge >= 0.3 is 0 Å². The number of amides is 1. The molecule has 0 unspecified atom stereocenters. The van der Waals surface area contributed by atoms with Crippen LogP contribution in [0.25, 0.3) is 0 Å². The number of benzene rings is 3. The minimum Gasteiger partial charge on any atom is -0.508 e. The molecule has 6 nitrogen and oxygen atoms in total. The summed E-state index contributed by atoms with van der Waals surface area (Å²) in [6.45, 7) is 0. The van der Waals surface area contributed by atoms with E-state index in [0.29, 0.717) is 5.69 Å². The van der Waals surface area contributed by atoms with Gasteiger partial charge in [-0.25, -0.2) is 8.42 Å². The van der Waals surface area contributed by atoms with Crippen molar-refractivity contribution in [2.45, 2.75) is 4.90 Å². The van der Waals surface area contributed by atoms with Crippen molar-refractivity contribution in [1.82, 2.24) is 0 Å². The van der Waals surface area contributed by atoms with Gasteiger partial charge in [-0.2, -0.15) is 0 Å². The quantitative estimate of drug-likeness (QED) is 0.643. The van der Waals surface area contributed by atoms with Crippen LogP contribution in [0.2, 0.25) is 0 Å². The molecule has 0 aliphatic rings. The largest absolute Gasteiger partial charge is 0.508 e. The van der Waals surface area contributed by atoms with Crippen molar-refractivity contribution in [3.63, 3.8) is 0 Å². The van der Waals surface area contributed by atoms with Gasteiger partial charge in [-0.05, 0) is 42.5 Å². The molecule has 1 amide bonds. The van der Waals surface area contributed by atoms with Crippen LogP contribution in [-0.2, 0) is 10.0 Å². The average molecular weight is 368 g/mol. The molecule has 0 spiro atoms. The summed E-state index contributed by atoms with van der Waals surface area (Å²) in [6, 6.07) is 20.3. The summed E-state index contributed by atoms with van der Waals surface area (Å²) in [5, 5.41) is 12.1. The minimum absolute atomic E-state index is 0.0344. The van der Waals surface area contributed by atoms with Gasteiger partial charge in [0.1, 0.15) is 5.75 Å². The van der Waals surface area contributed by atoms with E-state index in [-0.39, 0.29) is 21.9 Å². The fourth-order valence-corrected chi connectivity index (χ4v) is 3.40. The smallest absolute Gasteiger partial charge is 0.261 e. The maximum absolute atomic E-state index is 12.4. The zero-order valence-electron chi connectivity index (χ0n) is 13.6. The van der Waals surface area contributed by atoms with Crippen LogP contribution < -0.4 is 10.0 Å². The Balaban J connectivity index is 1.79. The van der Waals surface area contributed by atoms with Crippen LogP contribution >= 0.6 is 0 Å². The van der Waals surface area contributed by atoms with Gasteiger partial charge in [0.25, 0.3) is 15.9 Å². The maximum Gasteiger partial charge on any atom is 0.261 e. The Morgan fingerprint density at radius 1 is 0.808 bits per heavy atom. The molecule has 0 saturated carbocycles. The molecule has 7 heteroatoms. The van der Waals surface area contributed by atoms with Gasteiger partial charge in [0.15, 0.2) is 0 Å². The zero-order valence-corrected chi connectivity index (χ0v) is 14.4. The molecule has 26 heavy (non-hydrogen) atoms. The molecule has 3 rings (SSSR count). The van der Waals surface area contributed by atoms with Crippen molar-refractivity contribution in [1.29, 1.82) is 0 Å².